The van der Waals surface area contributed by atoms with Crippen LogP contribution in [0.3, 0.4) is 0 Å². The van der Waals surface area contributed by atoms with Gasteiger partial charge in [0.1, 0.15) is 5.41 Å². The minimum Gasteiger partial charge on any atom is -0.481 e. The summed E-state index contributed by atoms with van der Waals surface area (Å²) in [7, 11) is 0. The summed E-state index contributed by atoms with van der Waals surface area (Å²) in [5.74, 6) is -1.41. The molecular weight excluding hydrogens is 264 g/mol. The Morgan fingerprint density at radius 2 is 2.05 bits per heavy atom. The van der Waals surface area contributed by atoms with Gasteiger partial charge in [0.25, 0.3) is 0 Å². The SMILES string of the molecule is CCNC1COCC1C(=O)NC1COCC1(C)C(=O)O. The van der Waals surface area contributed by atoms with E-state index >= 15 is 0 Å². The van der Waals surface area contributed by atoms with Gasteiger partial charge < -0.3 is 25.2 Å². The highest BCUT2D eigenvalue weighted by atomic mass is 16.5. The molecule has 20 heavy (non-hydrogen) atoms. The Morgan fingerprint density at radius 3 is 2.70 bits per heavy atom. The van der Waals surface area contributed by atoms with E-state index in [9.17, 15) is 14.7 Å². The summed E-state index contributed by atoms with van der Waals surface area (Å²) in [6.07, 6.45) is 0. The van der Waals surface area contributed by atoms with E-state index in [1.807, 2.05) is 6.92 Å². The van der Waals surface area contributed by atoms with E-state index in [0.29, 0.717) is 13.2 Å². The maximum atomic E-state index is 12.3. The number of carboxylic acid groups (broad SMARTS) is 1. The second kappa shape index (κ2) is 6.07. The van der Waals surface area contributed by atoms with E-state index in [1.54, 1.807) is 6.92 Å². The van der Waals surface area contributed by atoms with E-state index in [2.05, 4.69) is 10.6 Å². The molecule has 0 aromatic rings. The fraction of sp³-hybridized carbons (Fsp3) is 0.846. The van der Waals surface area contributed by atoms with Crippen molar-refractivity contribution in [2.75, 3.05) is 33.0 Å². The molecule has 2 saturated heterocycles. The Bertz CT molecular complexity index is 389. The molecule has 0 spiro atoms. The first-order chi connectivity index (χ1) is 9.49. The van der Waals surface area contributed by atoms with Crippen LogP contribution in [-0.4, -0.2) is 62.0 Å². The highest BCUT2D eigenvalue weighted by molar-refractivity contribution is 5.82. The molecule has 0 aromatic heterocycles. The number of likely N-dealkylation sites (N-methyl/N-ethyl adjacent to an activating group) is 1. The largest absolute Gasteiger partial charge is 0.481 e. The van der Waals surface area contributed by atoms with Gasteiger partial charge in [-0.2, -0.15) is 0 Å². The molecule has 0 bridgehead atoms. The smallest absolute Gasteiger partial charge is 0.313 e. The number of hydrogen-bond acceptors (Lipinski definition) is 5. The summed E-state index contributed by atoms with van der Waals surface area (Å²) in [4.78, 5) is 23.7. The van der Waals surface area contributed by atoms with Crippen LogP contribution in [0.1, 0.15) is 13.8 Å². The normalized spacial score (nSPS) is 37.0. The summed E-state index contributed by atoms with van der Waals surface area (Å²) in [5.41, 5.74) is -1.07. The molecule has 2 aliphatic rings. The number of carbonyl (C=O) groups excluding carboxylic acids is 1. The third kappa shape index (κ3) is 2.79. The lowest BCUT2D eigenvalue weighted by Gasteiger charge is -2.27. The number of rotatable bonds is 5. The molecule has 4 unspecified atom stereocenters. The summed E-state index contributed by atoms with van der Waals surface area (Å²) in [6.45, 7) is 5.54. The van der Waals surface area contributed by atoms with Crippen LogP contribution in [0.4, 0.5) is 0 Å². The molecule has 0 radical (unpaired) electrons. The van der Waals surface area contributed by atoms with Crippen molar-refractivity contribution in [2.24, 2.45) is 11.3 Å². The predicted octanol–water partition coefficient (Wildman–Crippen LogP) is -0.783. The molecule has 4 atom stereocenters. The zero-order chi connectivity index (χ0) is 14.8. The molecule has 7 nitrogen and oxygen atoms in total. The molecule has 0 aromatic carbocycles. The average Bonchev–Trinajstić information content (AvgIpc) is 2.98. The second-order valence-electron chi connectivity index (χ2n) is 5.61. The summed E-state index contributed by atoms with van der Waals surface area (Å²) < 4.78 is 10.6. The third-order valence-electron chi connectivity index (χ3n) is 4.14. The molecule has 1 amide bonds. The highest BCUT2D eigenvalue weighted by Crippen LogP contribution is 2.29. The van der Waals surface area contributed by atoms with Crippen molar-refractivity contribution >= 4 is 11.9 Å². The quantitative estimate of drug-likeness (QED) is 0.613. The first kappa shape index (κ1) is 15.2. The first-order valence-corrected chi connectivity index (χ1v) is 6.91. The third-order valence-corrected chi connectivity index (χ3v) is 4.14. The van der Waals surface area contributed by atoms with E-state index in [4.69, 9.17) is 9.47 Å². The van der Waals surface area contributed by atoms with Gasteiger partial charge in [0, 0.05) is 6.04 Å². The van der Waals surface area contributed by atoms with Crippen LogP contribution in [0, 0.1) is 11.3 Å². The van der Waals surface area contributed by atoms with Crippen LogP contribution in [0.25, 0.3) is 0 Å². The lowest BCUT2D eigenvalue weighted by molar-refractivity contribution is -0.149. The van der Waals surface area contributed by atoms with Crippen molar-refractivity contribution in [2.45, 2.75) is 25.9 Å². The van der Waals surface area contributed by atoms with Gasteiger partial charge in [-0.05, 0) is 13.5 Å². The first-order valence-electron chi connectivity index (χ1n) is 6.91. The maximum absolute atomic E-state index is 12.3. The maximum Gasteiger partial charge on any atom is 0.313 e. The lowest BCUT2D eigenvalue weighted by atomic mass is 9.85. The molecular formula is C13H22N2O5. The van der Waals surface area contributed by atoms with E-state index in [1.165, 1.54) is 0 Å². The van der Waals surface area contributed by atoms with Gasteiger partial charge in [0.05, 0.1) is 38.4 Å². The van der Waals surface area contributed by atoms with Crippen molar-refractivity contribution < 1.29 is 24.2 Å². The zero-order valence-corrected chi connectivity index (χ0v) is 11.8. The zero-order valence-electron chi connectivity index (χ0n) is 11.8. The van der Waals surface area contributed by atoms with Crippen molar-refractivity contribution in [3.8, 4) is 0 Å². The number of carbonyl (C=O) groups is 2. The number of ether oxygens (including phenoxy) is 2. The number of nitrogens with one attached hydrogen (secondary N) is 2. The molecule has 2 fully saturated rings. The Balaban J connectivity index is 1.99. The fourth-order valence-electron chi connectivity index (χ4n) is 2.64. The lowest BCUT2D eigenvalue weighted by Crippen LogP contribution is -2.53. The van der Waals surface area contributed by atoms with Crippen molar-refractivity contribution in [3.63, 3.8) is 0 Å². The van der Waals surface area contributed by atoms with Crippen molar-refractivity contribution in [3.05, 3.63) is 0 Å². The van der Waals surface area contributed by atoms with Gasteiger partial charge in [-0.1, -0.05) is 6.92 Å². The molecule has 2 heterocycles. The Labute approximate surface area is 118 Å². The standard InChI is InChI=1S/C13H22N2O5/c1-3-14-9-5-19-4-8(9)11(16)15-10-6-20-7-13(10,2)12(17)18/h8-10,14H,3-7H2,1-2H3,(H,15,16)(H,17,18). The van der Waals surface area contributed by atoms with E-state index in [-0.39, 0.29) is 31.1 Å². The number of carboxylic acids is 1. The molecule has 114 valence electrons. The van der Waals surface area contributed by atoms with Crippen LogP contribution >= 0.6 is 0 Å². The van der Waals surface area contributed by atoms with Gasteiger partial charge >= 0.3 is 5.97 Å². The van der Waals surface area contributed by atoms with E-state index < -0.39 is 17.4 Å². The summed E-state index contributed by atoms with van der Waals surface area (Å²) in [6, 6.07) is -0.520. The van der Waals surface area contributed by atoms with Crippen LogP contribution < -0.4 is 10.6 Å². The molecule has 7 heteroatoms. The second-order valence-corrected chi connectivity index (χ2v) is 5.61. The van der Waals surface area contributed by atoms with Gasteiger partial charge in [0.15, 0.2) is 0 Å². The van der Waals surface area contributed by atoms with Gasteiger partial charge in [-0.3, -0.25) is 9.59 Å². The number of amides is 1. The van der Waals surface area contributed by atoms with Crippen LogP contribution in [0.5, 0.6) is 0 Å². The fourth-order valence-corrected chi connectivity index (χ4v) is 2.64. The molecule has 2 aliphatic heterocycles. The van der Waals surface area contributed by atoms with Crippen LogP contribution in [-0.2, 0) is 19.1 Å². The monoisotopic (exact) mass is 286 g/mol. The Kier molecular flexibility index (Phi) is 4.62. The Morgan fingerprint density at radius 1 is 1.30 bits per heavy atom. The van der Waals surface area contributed by atoms with Crippen molar-refractivity contribution in [1.82, 2.24) is 10.6 Å². The molecule has 2 rings (SSSR count). The van der Waals surface area contributed by atoms with E-state index in [0.717, 1.165) is 6.54 Å². The van der Waals surface area contributed by atoms with Crippen LogP contribution in [0.2, 0.25) is 0 Å². The van der Waals surface area contributed by atoms with Gasteiger partial charge in [-0.25, -0.2) is 0 Å². The average molecular weight is 286 g/mol. The molecule has 0 aliphatic carbocycles. The molecule has 0 saturated carbocycles. The minimum absolute atomic E-state index is 0.0154. The Hall–Kier alpha value is -1.18. The highest BCUT2D eigenvalue weighted by Gasteiger charge is 2.48. The topological polar surface area (TPSA) is 96.9 Å². The van der Waals surface area contributed by atoms with Crippen LogP contribution in [0.15, 0.2) is 0 Å². The molecule has 3 N–H and O–H groups in total. The summed E-state index contributed by atoms with van der Waals surface area (Å²) >= 11 is 0. The number of hydrogen-bond donors (Lipinski definition) is 3. The van der Waals surface area contributed by atoms with Gasteiger partial charge in [-0.15, -0.1) is 0 Å². The summed E-state index contributed by atoms with van der Waals surface area (Å²) in [5, 5.41) is 15.3. The number of aliphatic carboxylic acids is 1. The minimum atomic E-state index is -1.07. The predicted molar refractivity (Wildman–Crippen MR) is 70.3 cm³/mol. The van der Waals surface area contributed by atoms with Crippen molar-refractivity contribution in [1.29, 1.82) is 0 Å². The van der Waals surface area contributed by atoms with Gasteiger partial charge in [0.2, 0.25) is 5.91 Å².